The highest BCUT2D eigenvalue weighted by Crippen LogP contribution is 2.41. The first kappa shape index (κ1) is 42.6. The number of aryl methyl sites for hydroxylation is 1. The fourth-order valence-corrected chi connectivity index (χ4v) is 10.4. The van der Waals surface area contributed by atoms with E-state index in [2.05, 4.69) is 39.4 Å². The number of likely N-dealkylation sites (tertiary alicyclic amines) is 1. The number of aromatic nitrogens is 2. The van der Waals surface area contributed by atoms with Crippen LogP contribution in [0.25, 0.3) is 11.3 Å². The number of rotatable bonds is 11. The molecule has 4 amide bonds. The van der Waals surface area contributed by atoms with Crippen LogP contribution in [0.15, 0.2) is 97.1 Å². The Kier molecular flexibility index (Phi) is 11.6. The lowest BCUT2D eigenvalue weighted by molar-refractivity contribution is -0.133. The Labute approximate surface area is 382 Å². The number of ketones is 2. The number of nitrogens with one attached hydrogen (secondary N) is 1. The van der Waals surface area contributed by atoms with Crippen LogP contribution in [0, 0.1) is 5.92 Å². The summed E-state index contributed by atoms with van der Waals surface area (Å²) >= 11 is 0. The van der Waals surface area contributed by atoms with Gasteiger partial charge in [-0.25, -0.2) is 4.68 Å². The van der Waals surface area contributed by atoms with E-state index in [1.807, 2.05) is 70.2 Å². The Bertz CT molecular complexity index is 2700. The summed E-state index contributed by atoms with van der Waals surface area (Å²) in [4.78, 5) is 84.8. The molecule has 2 saturated heterocycles. The maximum absolute atomic E-state index is 13.5. The Morgan fingerprint density at radius 1 is 0.727 bits per heavy atom. The lowest BCUT2D eigenvalue weighted by atomic mass is 9.86. The van der Waals surface area contributed by atoms with Crippen molar-refractivity contribution in [3.8, 4) is 22.8 Å². The summed E-state index contributed by atoms with van der Waals surface area (Å²) in [6.07, 6.45) is 3.77. The largest absolute Gasteiger partial charge is 0.457 e. The molecule has 2 atom stereocenters. The Morgan fingerprint density at radius 2 is 1.39 bits per heavy atom. The predicted molar refractivity (Wildman–Crippen MR) is 248 cm³/mol. The quantitative estimate of drug-likeness (QED) is 0.113. The smallest absolute Gasteiger partial charge is 0.262 e. The van der Waals surface area contributed by atoms with Gasteiger partial charge in [0.2, 0.25) is 5.91 Å². The van der Waals surface area contributed by atoms with Crippen LogP contribution in [0.5, 0.6) is 11.5 Å². The molecule has 66 heavy (non-hydrogen) atoms. The zero-order valence-electron chi connectivity index (χ0n) is 36.7. The summed E-state index contributed by atoms with van der Waals surface area (Å²) in [5.41, 5.74) is 11.3. The number of piperazine rings is 1. The van der Waals surface area contributed by atoms with Crippen molar-refractivity contribution in [2.45, 2.75) is 63.5 Å². The van der Waals surface area contributed by atoms with E-state index >= 15 is 0 Å². The van der Waals surface area contributed by atoms with Gasteiger partial charge in [-0.2, -0.15) is 5.10 Å². The fourth-order valence-electron chi connectivity index (χ4n) is 10.4. The number of piperidine rings is 1. The van der Waals surface area contributed by atoms with Crippen LogP contribution in [0.4, 0.5) is 17.2 Å². The Morgan fingerprint density at radius 3 is 2.09 bits per heavy atom. The van der Waals surface area contributed by atoms with Crippen molar-refractivity contribution in [1.29, 1.82) is 0 Å². The molecule has 1 aromatic heterocycles. The molecule has 1 unspecified atom stereocenters. The molecule has 0 spiro atoms. The molecular weight excluding hydrogens is 837 g/mol. The van der Waals surface area contributed by atoms with Gasteiger partial charge in [0.05, 0.1) is 29.6 Å². The van der Waals surface area contributed by atoms with Gasteiger partial charge in [-0.05, 0) is 110 Å². The molecule has 3 fully saturated rings. The number of hydrogen-bond acceptors (Lipinski definition) is 11. The van der Waals surface area contributed by atoms with Gasteiger partial charge >= 0.3 is 0 Å². The van der Waals surface area contributed by atoms with Gasteiger partial charge in [0, 0.05) is 75.6 Å². The first-order chi connectivity index (χ1) is 32.1. The van der Waals surface area contributed by atoms with Crippen molar-refractivity contribution in [3.05, 3.63) is 119 Å². The number of primary amides is 1. The molecule has 15 heteroatoms. The molecule has 5 aromatic rings. The summed E-state index contributed by atoms with van der Waals surface area (Å²) in [5.74, 6) is 0.516. The molecule has 338 valence electrons. The fraction of sp³-hybridized carbons (Fsp3) is 0.353. The van der Waals surface area contributed by atoms with Crippen LogP contribution in [0.1, 0.15) is 87.6 Å². The summed E-state index contributed by atoms with van der Waals surface area (Å²) in [6, 6.07) is 30.0. The van der Waals surface area contributed by atoms with Crippen LogP contribution in [-0.4, -0.2) is 107 Å². The normalized spacial score (nSPS) is 20.0. The van der Waals surface area contributed by atoms with Crippen molar-refractivity contribution in [3.63, 3.8) is 0 Å². The molecule has 15 nitrogen and oxygen atoms in total. The van der Waals surface area contributed by atoms with Crippen molar-refractivity contribution in [2.75, 3.05) is 60.9 Å². The molecule has 5 aliphatic rings. The second-order valence-electron chi connectivity index (χ2n) is 17.9. The molecule has 1 saturated carbocycles. The highest BCUT2D eigenvalue weighted by Gasteiger charge is 2.45. The monoisotopic (exact) mass is 888 g/mol. The van der Waals surface area contributed by atoms with E-state index in [4.69, 9.17) is 15.6 Å². The molecule has 4 aromatic carbocycles. The average molecular weight is 889 g/mol. The van der Waals surface area contributed by atoms with Gasteiger partial charge in [-0.3, -0.25) is 33.7 Å². The molecule has 0 radical (unpaired) electrons. The average Bonchev–Trinajstić information content (AvgIpc) is 3.86. The van der Waals surface area contributed by atoms with Crippen molar-refractivity contribution >= 4 is 52.4 Å². The van der Waals surface area contributed by atoms with E-state index in [0.29, 0.717) is 72.3 Å². The third-order valence-electron chi connectivity index (χ3n) is 14.0. The van der Waals surface area contributed by atoms with E-state index in [9.17, 15) is 28.8 Å². The molecule has 0 bridgehead atoms. The van der Waals surface area contributed by atoms with Crippen molar-refractivity contribution < 1.29 is 33.5 Å². The summed E-state index contributed by atoms with van der Waals surface area (Å²) in [5, 5.41) is 8.40. The number of ether oxygens (including phenoxy) is 1. The number of hydrogen-bond donors (Lipinski definition) is 2. The number of nitrogens with zero attached hydrogens (tertiary/aromatic N) is 6. The number of benzene rings is 4. The molecule has 10 rings (SSSR count). The van der Waals surface area contributed by atoms with Gasteiger partial charge in [0.15, 0.2) is 5.78 Å². The highest BCUT2D eigenvalue weighted by molar-refractivity contribution is 6.24. The molecular formula is C51H52N8O7. The second-order valence-corrected chi connectivity index (χ2v) is 17.9. The van der Waals surface area contributed by atoms with Crippen molar-refractivity contribution in [2.24, 2.45) is 11.7 Å². The summed E-state index contributed by atoms with van der Waals surface area (Å²) in [6.45, 7) is 5.02. The third-order valence-corrected chi connectivity index (χ3v) is 14.0. The number of carbonyl (C=O) groups is 6. The van der Waals surface area contributed by atoms with E-state index in [0.717, 1.165) is 78.6 Å². The zero-order chi connectivity index (χ0) is 45.5. The van der Waals surface area contributed by atoms with Crippen molar-refractivity contribution in [1.82, 2.24) is 19.6 Å². The van der Waals surface area contributed by atoms with E-state index in [-0.39, 0.29) is 42.8 Å². The van der Waals surface area contributed by atoms with Gasteiger partial charge < -0.3 is 30.5 Å². The number of Topliss-reactive ketones (excluding diaryl/α,β-unsaturated/α-hetero) is 2. The highest BCUT2D eigenvalue weighted by atomic mass is 16.5. The first-order valence-corrected chi connectivity index (χ1v) is 23.0. The number of anilines is 3. The van der Waals surface area contributed by atoms with Gasteiger partial charge in [0.1, 0.15) is 34.4 Å². The van der Waals surface area contributed by atoms with Crippen LogP contribution in [0.3, 0.4) is 0 Å². The molecule has 4 aliphatic heterocycles. The SMILES string of the molecule is NC(=O)c1c(-c2ccc(Oc3ccccc3)cc2)nn2c1NCC[C@H]2C1CCN(C(=O)CCc2ccc(N3CCN(c4ccc5c(c4)C(=O)N(C4CCC(=O)CC4=O)C5=O)CC3)cc2)CC1. The number of imide groups is 1. The predicted octanol–water partition coefficient (Wildman–Crippen LogP) is 6.28. The van der Waals surface area contributed by atoms with Gasteiger partial charge in [-0.1, -0.05) is 30.3 Å². The van der Waals surface area contributed by atoms with Gasteiger partial charge in [0.25, 0.3) is 17.7 Å². The number of amides is 4. The maximum atomic E-state index is 13.5. The van der Waals surface area contributed by atoms with E-state index in [1.54, 1.807) is 12.1 Å². The number of nitrogens with two attached hydrogens (primary N) is 1. The number of fused-ring (bicyclic) bond motifs is 2. The van der Waals surface area contributed by atoms with E-state index < -0.39 is 23.8 Å². The van der Waals surface area contributed by atoms with E-state index in [1.165, 1.54) is 0 Å². The standard InChI is InChI=1S/C51H52N8O7/c52-48(63)46-47(34-9-15-39(16-10-34)66-38-4-2-1-3-5-38)54-59-42(20-23-53-49(46)59)33-21-24-57(25-22-33)45(62)19-8-32-6-11-35(12-7-32)55-26-28-56(29-27-55)36-13-17-40-41(30-36)51(65)58(50(40)64)43-18-14-37(60)31-44(43)61/h1-7,9-13,15-17,30,33,42-43,53H,8,14,18-29,31H2,(H2,52,63)/t42-,43?/m0/s1. The number of para-hydroxylation sites is 1. The molecule has 3 N–H and O–H groups in total. The lowest BCUT2D eigenvalue weighted by Gasteiger charge is -2.38. The maximum Gasteiger partial charge on any atom is 0.262 e. The second kappa shape index (κ2) is 17.9. The van der Waals surface area contributed by atoms with Gasteiger partial charge in [-0.15, -0.1) is 0 Å². The minimum absolute atomic E-state index is 0.0750. The molecule has 1 aliphatic carbocycles. The minimum Gasteiger partial charge on any atom is -0.457 e. The lowest BCUT2D eigenvalue weighted by Crippen LogP contribution is -2.47. The Hall–Kier alpha value is -7.29. The zero-order valence-corrected chi connectivity index (χ0v) is 36.7. The topological polar surface area (TPSA) is 180 Å². The third kappa shape index (κ3) is 8.29. The summed E-state index contributed by atoms with van der Waals surface area (Å²) < 4.78 is 7.93. The summed E-state index contributed by atoms with van der Waals surface area (Å²) in [7, 11) is 0. The number of carbonyl (C=O) groups excluding carboxylic acids is 6. The molecule has 5 heterocycles. The van der Waals surface area contributed by atoms with Crippen LogP contribution in [-0.2, 0) is 20.8 Å². The minimum atomic E-state index is -0.883. The van der Waals surface area contributed by atoms with Crippen LogP contribution >= 0.6 is 0 Å². The first-order valence-electron chi connectivity index (χ1n) is 23.0. The van der Waals surface area contributed by atoms with Crippen LogP contribution < -0.4 is 25.6 Å². The van der Waals surface area contributed by atoms with Crippen LogP contribution in [0.2, 0.25) is 0 Å². The Balaban J connectivity index is 0.702.